The summed E-state index contributed by atoms with van der Waals surface area (Å²) in [6, 6.07) is -0.456. The van der Waals surface area contributed by atoms with Crippen LogP contribution in [0.2, 0.25) is 0 Å². The topological polar surface area (TPSA) is 158 Å². The van der Waals surface area contributed by atoms with Gasteiger partial charge in [0.05, 0.1) is 34.6 Å². The molecule has 4 rings (SSSR count). The average Bonchev–Trinajstić information content (AvgIpc) is 3.14. The van der Waals surface area contributed by atoms with Crippen LogP contribution in [-0.4, -0.2) is 51.8 Å². The zero-order chi connectivity index (χ0) is 19.0. The van der Waals surface area contributed by atoms with Crippen LogP contribution in [0.15, 0.2) is 23.2 Å². The summed E-state index contributed by atoms with van der Waals surface area (Å²) in [6.07, 6.45) is 2.13. The number of carboxylic acid groups (broad SMARTS) is 1. The van der Waals surface area contributed by atoms with Gasteiger partial charge in [0.15, 0.2) is 0 Å². The Morgan fingerprint density at radius 1 is 1.52 bits per heavy atom. The molecule has 1 saturated heterocycles. The number of sulfonamides is 1. The molecule has 1 fully saturated rings. The summed E-state index contributed by atoms with van der Waals surface area (Å²) in [7, 11) is -4.03. The largest absolute Gasteiger partial charge is 1.00 e. The Morgan fingerprint density at radius 3 is 2.74 bits per heavy atom. The van der Waals surface area contributed by atoms with Crippen molar-refractivity contribution in [2.45, 2.75) is 30.5 Å². The van der Waals surface area contributed by atoms with E-state index in [1.54, 1.807) is 0 Å². The number of aliphatic carboxylic acids is 1. The van der Waals surface area contributed by atoms with Gasteiger partial charge in [-0.25, -0.2) is 18.5 Å². The summed E-state index contributed by atoms with van der Waals surface area (Å²) in [5.41, 5.74) is 0.118. The van der Waals surface area contributed by atoms with E-state index in [9.17, 15) is 28.2 Å². The van der Waals surface area contributed by atoms with Gasteiger partial charge in [-0.3, -0.25) is 9.20 Å². The van der Waals surface area contributed by atoms with Crippen molar-refractivity contribution < 1.29 is 57.8 Å². The number of carboxylic acids is 1. The SMILES string of the molecule is C[C@@H](O)[C@H]1C(=O)N2C(C(=O)[O-])=C(c3cn4cnc(S(N)(=O)=O)c4s3)C[C@H]12.[Na+]. The maximum Gasteiger partial charge on any atom is 1.00 e. The standard InChI is InChI=1S/C14H14N4O6S2.Na/c1-5(19)9-7-2-6(10(14(21)22)18(7)12(9)20)8-3-17-4-16-11(13(17)25-8)26(15,23)24;/h3-5,7,9,19H,2H2,1H3,(H,21,22)(H2,15,23,24);/q;+1/p-1/t5-,7-,9-;/m1./s1. The van der Waals surface area contributed by atoms with E-state index in [-0.39, 0.29) is 51.5 Å². The number of primary sulfonamides is 1. The Morgan fingerprint density at radius 2 is 2.19 bits per heavy atom. The molecular formula is C14H13N4NaO6S2. The van der Waals surface area contributed by atoms with Gasteiger partial charge in [0.1, 0.15) is 11.2 Å². The van der Waals surface area contributed by atoms with Gasteiger partial charge in [-0.05, 0) is 18.9 Å². The van der Waals surface area contributed by atoms with Gasteiger partial charge < -0.3 is 19.9 Å². The van der Waals surface area contributed by atoms with Crippen molar-refractivity contribution in [3.05, 3.63) is 23.1 Å². The van der Waals surface area contributed by atoms with Crippen LogP contribution in [0, 0.1) is 5.92 Å². The summed E-state index contributed by atoms with van der Waals surface area (Å²) < 4.78 is 24.6. The van der Waals surface area contributed by atoms with Gasteiger partial charge in [0, 0.05) is 6.20 Å². The smallest absolute Gasteiger partial charge is 0.543 e. The number of carbonyl (C=O) groups excluding carboxylic acids is 2. The summed E-state index contributed by atoms with van der Waals surface area (Å²) in [5.74, 6) is -2.63. The number of aliphatic hydroxyl groups excluding tert-OH is 1. The summed E-state index contributed by atoms with van der Waals surface area (Å²) >= 11 is 1.01. The van der Waals surface area contributed by atoms with Crippen molar-refractivity contribution in [2.75, 3.05) is 0 Å². The molecular weight excluding hydrogens is 407 g/mol. The van der Waals surface area contributed by atoms with Crippen molar-refractivity contribution in [3.63, 3.8) is 0 Å². The molecule has 0 unspecified atom stereocenters. The molecule has 0 spiro atoms. The second-order valence-electron chi connectivity index (χ2n) is 6.26. The average molecular weight is 420 g/mol. The number of rotatable bonds is 4. The minimum atomic E-state index is -4.03. The number of aliphatic hydroxyl groups is 1. The molecule has 0 radical (unpaired) electrons. The van der Waals surface area contributed by atoms with Crippen molar-refractivity contribution >= 4 is 43.6 Å². The number of hydrogen-bond donors (Lipinski definition) is 2. The van der Waals surface area contributed by atoms with E-state index >= 15 is 0 Å². The fourth-order valence-electron chi connectivity index (χ4n) is 3.59. The number of hydrogen-bond acceptors (Lipinski definition) is 8. The first-order valence-corrected chi connectivity index (χ1v) is 9.93. The number of imidazole rings is 1. The van der Waals surface area contributed by atoms with E-state index in [0.717, 1.165) is 16.2 Å². The van der Waals surface area contributed by atoms with E-state index in [2.05, 4.69) is 4.98 Å². The van der Waals surface area contributed by atoms with Crippen LogP contribution in [0.3, 0.4) is 0 Å². The molecule has 0 aliphatic carbocycles. The number of carbonyl (C=O) groups is 2. The van der Waals surface area contributed by atoms with E-state index in [1.165, 1.54) is 23.8 Å². The molecule has 13 heteroatoms. The Bertz CT molecular complexity index is 1100. The first kappa shape index (κ1) is 20.5. The van der Waals surface area contributed by atoms with Crippen LogP contribution in [0.4, 0.5) is 0 Å². The molecule has 10 nitrogen and oxygen atoms in total. The van der Waals surface area contributed by atoms with Crippen LogP contribution in [-0.2, 0) is 19.6 Å². The fraction of sp³-hybridized carbons (Fsp3) is 0.357. The minimum absolute atomic E-state index is 0. The van der Waals surface area contributed by atoms with Crippen molar-refractivity contribution in [3.8, 4) is 0 Å². The monoisotopic (exact) mass is 420 g/mol. The molecule has 2 aliphatic heterocycles. The molecule has 27 heavy (non-hydrogen) atoms. The molecule has 1 amide bonds. The third-order valence-electron chi connectivity index (χ3n) is 4.67. The molecule has 2 aromatic heterocycles. The third-order valence-corrected chi connectivity index (χ3v) is 6.80. The van der Waals surface area contributed by atoms with Crippen LogP contribution < -0.4 is 39.8 Å². The van der Waals surface area contributed by atoms with Crippen LogP contribution >= 0.6 is 11.3 Å². The minimum Gasteiger partial charge on any atom is -0.543 e. The van der Waals surface area contributed by atoms with Gasteiger partial charge in [-0.1, -0.05) is 0 Å². The van der Waals surface area contributed by atoms with E-state index < -0.39 is 40.0 Å². The van der Waals surface area contributed by atoms with Gasteiger partial charge in [-0.2, -0.15) is 0 Å². The number of thiazole rings is 1. The Hall–Kier alpha value is -1.28. The van der Waals surface area contributed by atoms with Gasteiger partial charge in [0.2, 0.25) is 10.9 Å². The number of amides is 1. The predicted octanol–water partition coefficient (Wildman–Crippen LogP) is -4.88. The normalized spacial score (nSPS) is 23.2. The van der Waals surface area contributed by atoms with Crippen LogP contribution in [0.5, 0.6) is 0 Å². The second-order valence-corrected chi connectivity index (χ2v) is 8.77. The zero-order valence-corrected chi connectivity index (χ0v) is 18.0. The molecule has 138 valence electrons. The number of aromatic nitrogens is 2. The molecule has 2 aromatic rings. The second kappa shape index (κ2) is 6.65. The first-order valence-electron chi connectivity index (χ1n) is 7.56. The first-order chi connectivity index (χ1) is 12.1. The molecule has 3 N–H and O–H groups in total. The summed E-state index contributed by atoms with van der Waals surface area (Å²) in [4.78, 5) is 29.4. The molecule has 2 aliphatic rings. The van der Waals surface area contributed by atoms with Crippen LogP contribution in [0.1, 0.15) is 18.2 Å². The molecule has 0 aromatic carbocycles. The Labute approximate surface area is 179 Å². The molecule has 0 saturated carbocycles. The van der Waals surface area contributed by atoms with Gasteiger partial charge >= 0.3 is 29.6 Å². The van der Waals surface area contributed by atoms with Crippen LogP contribution in [0.25, 0.3) is 10.4 Å². The van der Waals surface area contributed by atoms with E-state index in [1.807, 2.05) is 0 Å². The van der Waals surface area contributed by atoms with Crippen molar-refractivity contribution in [1.82, 2.24) is 14.3 Å². The maximum atomic E-state index is 12.2. The Balaban J connectivity index is 0.00000210. The number of nitrogens with zero attached hydrogens (tertiary/aromatic N) is 3. The van der Waals surface area contributed by atoms with Crippen molar-refractivity contribution in [2.24, 2.45) is 11.1 Å². The third kappa shape index (κ3) is 2.95. The number of fused-ring (bicyclic) bond motifs is 2. The molecule has 4 heterocycles. The summed E-state index contributed by atoms with van der Waals surface area (Å²) in [6.45, 7) is 1.48. The van der Waals surface area contributed by atoms with Crippen molar-refractivity contribution in [1.29, 1.82) is 0 Å². The fourth-order valence-corrected chi connectivity index (χ4v) is 5.63. The van der Waals surface area contributed by atoms with E-state index in [0.29, 0.717) is 10.5 Å². The zero-order valence-electron chi connectivity index (χ0n) is 14.3. The predicted molar refractivity (Wildman–Crippen MR) is 86.8 cm³/mol. The quantitative estimate of drug-likeness (QED) is 0.371. The number of nitrogens with two attached hydrogens (primary N) is 1. The molecule has 0 bridgehead atoms. The Kier molecular flexibility index (Phi) is 5.04. The van der Waals surface area contributed by atoms with E-state index in [4.69, 9.17) is 5.14 Å². The number of β-lactam (4-membered cyclic amide) rings is 1. The van der Waals surface area contributed by atoms with Gasteiger partial charge in [-0.15, -0.1) is 11.3 Å². The van der Waals surface area contributed by atoms with Gasteiger partial charge in [0.25, 0.3) is 10.0 Å². The summed E-state index contributed by atoms with van der Waals surface area (Å²) in [5, 5.41) is 26.2. The molecule has 3 atom stereocenters. The maximum absolute atomic E-state index is 12.2.